The van der Waals surface area contributed by atoms with Crippen LogP contribution < -0.4 is 5.32 Å². The van der Waals surface area contributed by atoms with Gasteiger partial charge in [-0.2, -0.15) is 4.31 Å². The zero-order valence-electron chi connectivity index (χ0n) is 11.1. The van der Waals surface area contributed by atoms with Gasteiger partial charge in [-0.15, -0.1) is 11.3 Å². The van der Waals surface area contributed by atoms with Crippen LogP contribution in [0.5, 0.6) is 0 Å². The summed E-state index contributed by atoms with van der Waals surface area (Å²) < 4.78 is 31.4. The Morgan fingerprint density at radius 1 is 1.56 bits per heavy atom. The van der Waals surface area contributed by atoms with Crippen molar-refractivity contribution in [3.05, 3.63) is 17.0 Å². The SMILES string of the molecule is CNCc1csc(S(=O)(=O)N(C)C(C)COC)c1. The number of nitrogens with zero attached hydrogens (tertiary/aromatic N) is 1. The lowest BCUT2D eigenvalue weighted by Gasteiger charge is -2.22. The van der Waals surface area contributed by atoms with Crippen molar-refractivity contribution in [2.24, 2.45) is 0 Å². The first-order valence-corrected chi connectivity index (χ1v) is 7.94. The Hall–Kier alpha value is -0.470. The first-order valence-electron chi connectivity index (χ1n) is 5.62. The predicted octanol–water partition coefficient (Wildman–Crippen LogP) is 1.12. The van der Waals surface area contributed by atoms with Crippen molar-refractivity contribution < 1.29 is 13.2 Å². The smallest absolute Gasteiger partial charge is 0.252 e. The van der Waals surface area contributed by atoms with Gasteiger partial charge < -0.3 is 10.1 Å². The van der Waals surface area contributed by atoms with Gasteiger partial charge in [0.05, 0.1) is 6.61 Å². The molecule has 0 saturated carbocycles. The van der Waals surface area contributed by atoms with Crippen molar-refractivity contribution in [3.8, 4) is 0 Å². The molecule has 0 bridgehead atoms. The van der Waals surface area contributed by atoms with E-state index in [2.05, 4.69) is 5.32 Å². The Balaban J connectivity index is 2.90. The number of methoxy groups -OCH3 is 1. The Morgan fingerprint density at radius 2 is 2.22 bits per heavy atom. The van der Waals surface area contributed by atoms with Crippen molar-refractivity contribution in [2.45, 2.75) is 23.7 Å². The number of rotatable bonds is 7. The van der Waals surface area contributed by atoms with Crippen LogP contribution >= 0.6 is 11.3 Å². The molecule has 0 aromatic carbocycles. The summed E-state index contributed by atoms with van der Waals surface area (Å²) in [6.07, 6.45) is 0. The lowest BCUT2D eigenvalue weighted by atomic mass is 10.3. The molecular formula is C11H20N2O3S2. The molecule has 104 valence electrons. The number of ether oxygens (including phenoxy) is 1. The van der Waals surface area contributed by atoms with Crippen molar-refractivity contribution in [3.63, 3.8) is 0 Å². The summed E-state index contributed by atoms with van der Waals surface area (Å²) in [4.78, 5) is 0. The molecule has 1 N–H and O–H groups in total. The molecule has 0 aliphatic rings. The largest absolute Gasteiger partial charge is 0.383 e. The molecule has 0 radical (unpaired) electrons. The van der Waals surface area contributed by atoms with Crippen LogP contribution in [0.1, 0.15) is 12.5 Å². The average Bonchev–Trinajstić information content (AvgIpc) is 2.78. The van der Waals surface area contributed by atoms with Gasteiger partial charge in [0, 0.05) is 26.7 Å². The first kappa shape index (κ1) is 15.6. The van der Waals surface area contributed by atoms with E-state index in [-0.39, 0.29) is 6.04 Å². The van der Waals surface area contributed by atoms with E-state index in [1.807, 2.05) is 19.4 Å². The maximum Gasteiger partial charge on any atom is 0.252 e. The molecule has 1 heterocycles. The van der Waals surface area contributed by atoms with Crippen LogP contribution in [0.25, 0.3) is 0 Å². The third kappa shape index (κ3) is 3.52. The van der Waals surface area contributed by atoms with Gasteiger partial charge in [-0.05, 0) is 31.0 Å². The highest BCUT2D eigenvalue weighted by Gasteiger charge is 2.26. The lowest BCUT2D eigenvalue weighted by Crippen LogP contribution is -2.37. The van der Waals surface area contributed by atoms with Gasteiger partial charge in [-0.1, -0.05) is 0 Å². The van der Waals surface area contributed by atoms with Crippen molar-refractivity contribution in [2.75, 3.05) is 27.8 Å². The predicted molar refractivity (Wildman–Crippen MR) is 73.4 cm³/mol. The normalized spacial score (nSPS) is 14.1. The molecule has 0 amide bonds. The van der Waals surface area contributed by atoms with Crippen LogP contribution in [0.4, 0.5) is 0 Å². The molecule has 1 aromatic heterocycles. The van der Waals surface area contributed by atoms with Crippen LogP contribution in [0.2, 0.25) is 0 Å². The Kier molecular flexibility index (Phi) is 5.74. The van der Waals surface area contributed by atoms with E-state index in [4.69, 9.17) is 4.74 Å². The Labute approximate surface area is 113 Å². The maximum absolute atomic E-state index is 12.3. The minimum atomic E-state index is -3.41. The molecule has 1 unspecified atom stereocenters. The second kappa shape index (κ2) is 6.63. The third-order valence-electron chi connectivity index (χ3n) is 2.67. The summed E-state index contributed by atoms with van der Waals surface area (Å²) in [5.74, 6) is 0. The van der Waals surface area contributed by atoms with Crippen LogP contribution in [0.15, 0.2) is 15.7 Å². The summed E-state index contributed by atoms with van der Waals surface area (Å²) in [7, 11) is 1.56. The zero-order chi connectivity index (χ0) is 13.8. The highest BCUT2D eigenvalue weighted by molar-refractivity contribution is 7.91. The van der Waals surface area contributed by atoms with Gasteiger partial charge in [-0.3, -0.25) is 0 Å². The molecule has 1 rings (SSSR count). The molecule has 1 atom stereocenters. The van der Waals surface area contributed by atoms with E-state index in [0.717, 1.165) is 5.56 Å². The fourth-order valence-corrected chi connectivity index (χ4v) is 4.25. The van der Waals surface area contributed by atoms with Crippen LogP contribution in [0.3, 0.4) is 0 Å². The summed E-state index contributed by atoms with van der Waals surface area (Å²) in [6.45, 7) is 2.87. The van der Waals surface area contributed by atoms with Gasteiger partial charge >= 0.3 is 0 Å². The third-order valence-corrected chi connectivity index (χ3v) is 6.11. The molecular weight excluding hydrogens is 272 g/mol. The summed E-state index contributed by atoms with van der Waals surface area (Å²) in [6, 6.07) is 1.53. The van der Waals surface area contributed by atoms with Gasteiger partial charge in [0.15, 0.2) is 0 Å². The number of nitrogens with one attached hydrogen (secondary N) is 1. The zero-order valence-corrected chi connectivity index (χ0v) is 12.8. The van der Waals surface area contributed by atoms with Gasteiger partial charge in [0.2, 0.25) is 0 Å². The van der Waals surface area contributed by atoms with E-state index < -0.39 is 10.0 Å². The Bertz CT molecular complexity index is 470. The lowest BCUT2D eigenvalue weighted by molar-refractivity contribution is 0.149. The van der Waals surface area contributed by atoms with Crippen LogP contribution in [0, 0.1) is 0 Å². The van der Waals surface area contributed by atoms with Crippen LogP contribution in [-0.4, -0.2) is 46.6 Å². The van der Waals surface area contributed by atoms with Gasteiger partial charge in [-0.25, -0.2) is 8.42 Å². The summed E-state index contributed by atoms with van der Waals surface area (Å²) in [5, 5.41) is 4.86. The van der Waals surface area contributed by atoms with Gasteiger partial charge in [0.1, 0.15) is 4.21 Å². The maximum atomic E-state index is 12.3. The quantitative estimate of drug-likeness (QED) is 0.818. The number of likely N-dealkylation sites (N-methyl/N-ethyl adjacent to an activating group) is 1. The van der Waals surface area contributed by atoms with E-state index in [1.165, 1.54) is 15.6 Å². The second-order valence-electron chi connectivity index (χ2n) is 4.13. The fourth-order valence-electron chi connectivity index (χ4n) is 1.51. The molecule has 18 heavy (non-hydrogen) atoms. The number of sulfonamides is 1. The first-order chi connectivity index (χ1) is 8.43. The minimum absolute atomic E-state index is 0.185. The molecule has 0 saturated heterocycles. The average molecular weight is 292 g/mol. The molecule has 0 fully saturated rings. The van der Waals surface area contributed by atoms with Crippen molar-refractivity contribution in [1.29, 1.82) is 0 Å². The fraction of sp³-hybridized carbons (Fsp3) is 0.636. The Morgan fingerprint density at radius 3 is 2.78 bits per heavy atom. The summed E-state index contributed by atoms with van der Waals surface area (Å²) >= 11 is 1.25. The topological polar surface area (TPSA) is 58.6 Å². The van der Waals surface area contributed by atoms with Gasteiger partial charge in [0.25, 0.3) is 10.0 Å². The van der Waals surface area contributed by atoms with Crippen molar-refractivity contribution >= 4 is 21.4 Å². The molecule has 7 heteroatoms. The number of hydrogen-bond acceptors (Lipinski definition) is 5. The molecule has 0 aliphatic carbocycles. The summed E-state index contributed by atoms with van der Waals surface area (Å²) in [5.41, 5.74) is 0.980. The van der Waals surface area contributed by atoms with Crippen LogP contribution in [-0.2, 0) is 21.3 Å². The second-order valence-corrected chi connectivity index (χ2v) is 7.27. The molecule has 0 spiro atoms. The monoisotopic (exact) mass is 292 g/mol. The minimum Gasteiger partial charge on any atom is -0.383 e. The van der Waals surface area contributed by atoms with E-state index in [1.54, 1.807) is 20.2 Å². The highest BCUT2D eigenvalue weighted by Crippen LogP contribution is 2.24. The van der Waals surface area contributed by atoms with E-state index >= 15 is 0 Å². The van der Waals surface area contributed by atoms with E-state index in [0.29, 0.717) is 17.4 Å². The van der Waals surface area contributed by atoms with E-state index in [9.17, 15) is 8.42 Å². The standard InChI is InChI=1S/C11H20N2O3S2/c1-9(7-16-4)13(3)18(14,15)11-5-10(6-12-2)8-17-11/h5,8-9,12H,6-7H2,1-4H3. The highest BCUT2D eigenvalue weighted by atomic mass is 32.2. The van der Waals surface area contributed by atoms with Crippen molar-refractivity contribution in [1.82, 2.24) is 9.62 Å². The molecule has 1 aromatic rings. The number of thiophene rings is 1. The molecule has 0 aliphatic heterocycles. The molecule has 5 nitrogen and oxygen atoms in total. The number of hydrogen-bond donors (Lipinski definition) is 1.